The van der Waals surface area contributed by atoms with Crippen molar-refractivity contribution in [2.45, 2.75) is 5.88 Å². The summed E-state index contributed by atoms with van der Waals surface area (Å²) in [6.07, 6.45) is 1.39. The first-order valence-electron chi connectivity index (χ1n) is 5.34. The van der Waals surface area contributed by atoms with Crippen LogP contribution in [0.3, 0.4) is 0 Å². The van der Waals surface area contributed by atoms with E-state index in [1.165, 1.54) is 6.20 Å². The molecular formula is C12H7ClF2N2O3. The molecular weight excluding hydrogens is 294 g/mol. The number of hydrogen-bond donors (Lipinski definition) is 0. The van der Waals surface area contributed by atoms with Crippen molar-refractivity contribution >= 4 is 17.3 Å². The quantitative estimate of drug-likeness (QED) is 0.489. The molecule has 0 spiro atoms. The Kier molecular flexibility index (Phi) is 4.09. The van der Waals surface area contributed by atoms with Crippen molar-refractivity contribution in [2.75, 3.05) is 0 Å². The van der Waals surface area contributed by atoms with Gasteiger partial charge in [0.25, 0.3) is 0 Å². The Morgan fingerprint density at radius 3 is 2.75 bits per heavy atom. The summed E-state index contributed by atoms with van der Waals surface area (Å²) in [5.74, 6) is -2.69. The Bertz CT molecular complexity index is 667. The van der Waals surface area contributed by atoms with Gasteiger partial charge in [-0.05, 0) is 6.07 Å². The minimum absolute atomic E-state index is 0.00894. The van der Waals surface area contributed by atoms with E-state index >= 15 is 0 Å². The molecule has 0 aliphatic heterocycles. The molecule has 0 atom stereocenters. The highest BCUT2D eigenvalue weighted by atomic mass is 35.5. The number of rotatable bonds is 4. The maximum Gasteiger partial charge on any atom is 0.307 e. The molecule has 2 aromatic rings. The van der Waals surface area contributed by atoms with Crippen molar-refractivity contribution in [1.82, 2.24) is 4.98 Å². The number of alkyl halides is 1. The van der Waals surface area contributed by atoms with E-state index in [9.17, 15) is 18.9 Å². The second kappa shape index (κ2) is 5.79. The van der Waals surface area contributed by atoms with Gasteiger partial charge in [-0.25, -0.2) is 9.37 Å². The average molecular weight is 301 g/mol. The van der Waals surface area contributed by atoms with Gasteiger partial charge in [-0.3, -0.25) is 10.1 Å². The highest BCUT2D eigenvalue weighted by Crippen LogP contribution is 2.30. The normalized spacial score (nSPS) is 10.3. The molecule has 5 nitrogen and oxygen atoms in total. The van der Waals surface area contributed by atoms with Gasteiger partial charge in [0.2, 0.25) is 11.7 Å². The summed E-state index contributed by atoms with van der Waals surface area (Å²) in [6, 6.07) is 4.26. The summed E-state index contributed by atoms with van der Waals surface area (Å²) in [7, 11) is 0. The molecule has 0 saturated heterocycles. The van der Waals surface area contributed by atoms with Crippen molar-refractivity contribution in [3.8, 4) is 11.6 Å². The highest BCUT2D eigenvalue weighted by Gasteiger charge is 2.20. The van der Waals surface area contributed by atoms with Gasteiger partial charge in [-0.2, -0.15) is 4.39 Å². The summed E-state index contributed by atoms with van der Waals surface area (Å²) in [4.78, 5) is 13.3. The van der Waals surface area contributed by atoms with Crippen molar-refractivity contribution in [3.63, 3.8) is 0 Å². The molecule has 0 fully saturated rings. The van der Waals surface area contributed by atoms with Gasteiger partial charge in [-0.1, -0.05) is 6.07 Å². The first-order chi connectivity index (χ1) is 9.52. The number of halogens is 3. The van der Waals surface area contributed by atoms with Crippen LogP contribution in [-0.4, -0.2) is 9.91 Å². The SMILES string of the molecule is O=[N+]([O-])c1cc(F)c(Oc2ncccc2CCl)cc1F. The molecule has 0 unspecified atom stereocenters. The van der Waals surface area contributed by atoms with Crippen LogP contribution in [0.4, 0.5) is 14.5 Å². The lowest BCUT2D eigenvalue weighted by Crippen LogP contribution is -1.98. The zero-order valence-electron chi connectivity index (χ0n) is 9.85. The lowest BCUT2D eigenvalue weighted by atomic mass is 10.2. The Morgan fingerprint density at radius 1 is 1.35 bits per heavy atom. The Labute approximate surface area is 116 Å². The first kappa shape index (κ1) is 14.1. The van der Waals surface area contributed by atoms with Crippen LogP contribution in [0.1, 0.15) is 5.56 Å². The maximum atomic E-state index is 13.7. The third kappa shape index (κ3) is 2.83. The summed E-state index contributed by atoms with van der Waals surface area (Å²) in [6.45, 7) is 0. The smallest absolute Gasteiger partial charge is 0.307 e. The maximum absolute atomic E-state index is 13.7. The van der Waals surface area contributed by atoms with Crippen LogP contribution in [0.2, 0.25) is 0 Å². The van der Waals surface area contributed by atoms with E-state index in [-0.39, 0.29) is 11.8 Å². The number of nitro groups is 1. The summed E-state index contributed by atoms with van der Waals surface area (Å²) in [5.41, 5.74) is -0.485. The zero-order chi connectivity index (χ0) is 14.7. The molecule has 1 aromatic heterocycles. The fourth-order valence-corrected chi connectivity index (χ4v) is 1.66. The molecule has 0 N–H and O–H groups in total. The second-order valence-corrected chi connectivity index (χ2v) is 3.96. The van der Waals surface area contributed by atoms with E-state index in [0.29, 0.717) is 17.7 Å². The number of benzene rings is 1. The summed E-state index contributed by atoms with van der Waals surface area (Å²) < 4.78 is 32.2. The fourth-order valence-electron chi connectivity index (χ4n) is 1.46. The number of ether oxygens (including phenoxy) is 1. The molecule has 8 heteroatoms. The zero-order valence-corrected chi connectivity index (χ0v) is 10.6. The number of hydrogen-bond acceptors (Lipinski definition) is 4. The van der Waals surface area contributed by atoms with Crippen LogP contribution in [-0.2, 0) is 5.88 Å². The van der Waals surface area contributed by atoms with Gasteiger partial charge in [0.15, 0.2) is 11.6 Å². The molecule has 0 aliphatic rings. The molecule has 0 bridgehead atoms. The van der Waals surface area contributed by atoms with Crippen LogP contribution < -0.4 is 4.74 Å². The third-order valence-electron chi connectivity index (χ3n) is 2.40. The van der Waals surface area contributed by atoms with Gasteiger partial charge < -0.3 is 4.74 Å². The Morgan fingerprint density at radius 2 is 2.10 bits per heavy atom. The van der Waals surface area contributed by atoms with Gasteiger partial charge >= 0.3 is 5.69 Å². The minimum atomic E-state index is -1.20. The second-order valence-electron chi connectivity index (χ2n) is 3.69. The van der Waals surface area contributed by atoms with Crippen LogP contribution in [0.15, 0.2) is 30.5 Å². The first-order valence-corrected chi connectivity index (χ1v) is 5.87. The molecule has 0 aliphatic carbocycles. The number of aromatic nitrogens is 1. The lowest BCUT2D eigenvalue weighted by molar-refractivity contribution is -0.387. The number of pyridine rings is 1. The van der Waals surface area contributed by atoms with E-state index in [0.717, 1.165) is 0 Å². The van der Waals surface area contributed by atoms with Crippen molar-refractivity contribution in [2.24, 2.45) is 0 Å². The molecule has 1 aromatic carbocycles. The molecule has 104 valence electrons. The molecule has 1 heterocycles. The van der Waals surface area contributed by atoms with Crippen molar-refractivity contribution in [1.29, 1.82) is 0 Å². The van der Waals surface area contributed by atoms with Crippen molar-refractivity contribution in [3.05, 3.63) is 57.8 Å². The van der Waals surface area contributed by atoms with Gasteiger partial charge in [0, 0.05) is 17.8 Å². The Balaban J connectivity index is 2.39. The minimum Gasteiger partial charge on any atom is -0.435 e. The lowest BCUT2D eigenvalue weighted by Gasteiger charge is -2.08. The Hall–Kier alpha value is -2.28. The summed E-state index contributed by atoms with van der Waals surface area (Å²) >= 11 is 5.66. The predicted octanol–water partition coefficient (Wildman–Crippen LogP) is 3.80. The van der Waals surface area contributed by atoms with Gasteiger partial charge in [0.05, 0.1) is 16.9 Å². The monoisotopic (exact) mass is 300 g/mol. The molecule has 0 radical (unpaired) electrons. The number of nitrogens with zero attached hydrogens (tertiary/aromatic N) is 2. The molecule has 2 rings (SSSR count). The van der Waals surface area contributed by atoms with Crippen molar-refractivity contribution < 1.29 is 18.4 Å². The van der Waals surface area contributed by atoms with E-state index < -0.39 is 28.0 Å². The number of nitro benzene ring substituents is 1. The largest absolute Gasteiger partial charge is 0.435 e. The van der Waals surface area contributed by atoms with Gasteiger partial charge in [-0.15, -0.1) is 11.6 Å². The van der Waals surface area contributed by atoms with Crippen LogP contribution in [0.25, 0.3) is 0 Å². The average Bonchev–Trinajstić information content (AvgIpc) is 2.42. The van der Waals surface area contributed by atoms with Crippen LogP contribution in [0, 0.1) is 21.7 Å². The van der Waals surface area contributed by atoms with E-state index in [1.54, 1.807) is 12.1 Å². The summed E-state index contributed by atoms with van der Waals surface area (Å²) in [5, 5.41) is 10.5. The molecule has 20 heavy (non-hydrogen) atoms. The van der Waals surface area contributed by atoms with Crippen LogP contribution >= 0.6 is 11.6 Å². The van der Waals surface area contributed by atoms with E-state index in [1.807, 2.05) is 0 Å². The predicted molar refractivity (Wildman–Crippen MR) is 66.9 cm³/mol. The topological polar surface area (TPSA) is 65.3 Å². The van der Waals surface area contributed by atoms with E-state index in [4.69, 9.17) is 16.3 Å². The fraction of sp³-hybridized carbons (Fsp3) is 0.0833. The standard InChI is InChI=1S/C12H7ClF2N2O3/c13-6-7-2-1-3-16-12(7)20-11-5-8(14)10(17(18)19)4-9(11)15/h1-5H,6H2. The molecule has 0 saturated carbocycles. The molecule has 0 amide bonds. The highest BCUT2D eigenvalue weighted by molar-refractivity contribution is 6.17. The van der Waals surface area contributed by atoms with E-state index in [2.05, 4.69) is 4.98 Å². The van der Waals surface area contributed by atoms with Crippen LogP contribution in [0.5, 0.6) is 11.6 Å². The van der Waals surface area contributed by atoms with Gasteiger partial charge in [0.1, 0.15) is 0 Å². The third-order valence-corrected chi connectivity index (χ3v) is 2.69.